The Morgan fingerprint density at radius 1 is 1.47 bits per heavy atom. The lowest BCUT2D eigenvalue weighted by molar-refractivity contribution is -0.138. The van der Waals surface area contributed by atoms with Crippen LogP contribution in [0.2, 0.25) is 0 Å². The molecule has 0 bridgehead atoms. The molecule has 1 aliphatic heterocycles. The number of rotatable bonds is 3. The van der Waals surface area contributed by atoms with Crippen molar-refractivity contribution in [2.24, 2.45) is 5.92 Å². The maximum absolute atomic E-state index is 12.2. The standard InChI is InChI=1S/C13H16N2O4/c16-11-3-4-14-7-10(11)13(19)15-5-1-2-9(8-15)6-12(17)18/h3-4,7,9H,1-2,5-6,8H2,(H,14,16)(H,17,18). The third-order valence-corrected chi connectivity index (χ3v) is 3.32. The number of hydrogen-bond acceptors (Lipinski definition) is 3. The molecule has 0 aliphatic carbocycles. The summed E-state index contributed by atoms with van der Waals surface area (Å²) in [6.07, 6.45) is 4.51. The molecule has 1 amide bonds. The number of likely N-dealkylation sites (tertiary alicyclic amines) is 1. The number of aromatic nitrogens is 1. The van der Waals surface area contributed by atoms with Gasteiger partial charge in [0.2, 0.25) is 0 Å². The van der Waals surface area contributed by atoms with E-state index in [-0.39, 0.29) is 29.2 Å². The topological polar surface area (TPSA) is 90.5 Å². The summed E-state index contributed by atoms with van der Waals surface area (Å²) in [4.78, 5) is 38.8. The average Bonchev–Trinajstić information content (AvgIpc) is 2.38. The lowest BCUT2D eigenvalue weighted by Crippen LogP contribution is -2.42. The van der Waals surface area contributed by atoms with Crippen LogP contribution in [-0.2, 0) is 4.79 Å². The molecule has 2 heterocycles. The molecule has 1 aromatic heterocycles. The van der Waals surface area contributed by atoms with Crippen LogP contribution in [-0.4, -0.2) is 40.0 Å². The van der Waals surface area contributed by atoms with Gasteiger partial charge in [-0.05, 0) is 18.8 Å². The van der Waals surface area contributed by atoms with Crippen molar-refractivity contribution in [2.45, 2.75) is 19.3 Å². The van der Waals surface area contributed by atoms with Gasteiger partial charge in [0.05, 0.1) is 0 Å². The van der Waals surface area contributed by atoms with Gasteiger partial charge in [-0.3, -0.25) is 14.4 Å². The Hall–Kier alpha value is -2.11. The lowest BCUT2D eigenvalue weighted by atomic mass is 9.94. The molecule has 102 valence electrons. The number of H-pyrrole nitrogens is 1. The zero-order chi connectivity index (χ0) is 13.8. The summed E-state index contributed by atoms with van der Waals surface area (Å²) in [5, 5.41) is 8.79. The van der Waals surface area contributed by atoms with Crippen molar-refractivity contribution in [3.8, 4) is 0 Å². The monoisotopic (exact) mass is 264 g/mol. The van der Waals surface area contributed by atoms with Crippen molar-refractivity contribution in [2.75, 3.05) is 13.1 Å². The normalized spacial score (nSPS) is 19.2. The summed E-state index contributed by atoms with van der Waals surface area (Å²) in [6, 6.07) is 1.31. The van der Waals surface area contributed by atoms with E-state index < -0.39 is 5.97 Å². The Balaban J connectivity index is 2.09. The number of carboxylic acids is 1. The number of hydrogen-bond donors (Lipinski definition) is 2. The highest BCUT2D eigenvalue weighted by Crippen LogP contribution is 2.20. The first-order chi connectivity index (χ1) is 9.08. The number of aliphatic carboxylic acids is 1. The summed E-state index contributed by atoms with van der Waals surface area (Å²) >= 11 is 0. The molecule has 1 unspecified atom stereocenters. The van der Waals surface area contributed by atoms with Gasteiger partial charge in [-0.15, -0.1) is 0 Å². The third-order valence-electron chi connectivity index (χ3n) is 3.32. The van der Waals surface area contributed by atoms with E-state index in [0.29, 0.717) is 13.1 Å². The van der Waals surface area contributed by atoms with Crippen LogP contribution in [0.15, 0.2) is 23.3 Å². The molecule has 0 spiro atoms. The molecular formula is C13H16N2O4. The van der Waals surface area contributed by atoms with Crippen LogP contribution >= 0.6 is 0 Å². The second-order valence-corrected chi connectivity index (χ2v) is 4.78. The largest absolute Gasteiger partial charge is 0.481 e. The minimum absolute atomic E-state index is 0.0296. The number of carbonyl (C=O) groups excluding carboxylic acids is 1. The number of aromatic amines is 1. The predicted octanol–water partition coefficient (Wildman–Crippen LogP) is 0.702. The van der Waals surface area contributed by atoms with E-state index in [1.54, 1.807) is 4.90 Å². The fraction of sp³-hybridized carbons (Fsp3) is 0.462. The quantitative estimate of drug-likeness (QED) is 0.840. The zero-order valence-corrected chi connectivity index (χ0v) is 10.5. The van der Waals surface area contributed by atoms with Gasteiger partial charge in [0.1, 0.15) is 5.56 Å². The SMILES string of the molecule is O=C(O)CC1CCCN(C(=O)c2c[nH]ccc2=O)C1. The van der Waals surface area contributed by atoms with Crippen LogP contribution in [0.25, 0.3) is 0 Å². The molecule has 1 fully saturated rings. The minimum atomic E-state index is -0.850. The van der Waals surface area contributed by atoms with Gasteiger partial charge in [-0.2, -0.15) is 0 Å². The first-order valence-corrected chi connectivity index (χ1v) is 6.26. The van der Waals surface area contributed by atoms with Gasteiger partial charge in [-0.1, -0.05) is 0 Å². The summed E-state index contributed by atoms with van der Waals surface area (Å²) < 4.78 is 0. The molecule has 1 aliphatic rings. The number of amides is 1. The van der Waals surface area contributed by atoms with Gasteiger partial charge >= 0.3 is 5.97 Å². The minimum Gasteiger partial charge on any atom is -0.481 e. The highest BCUT2D eigenvalue weighted by molar-refractivity contribution is 5.93. The van der Waals surface area contributed by atoms with Crippen molar-refractivity contribution < 1.29 is 14.7 Å². The fourth-order valence-corrected chi connectivity index (χ4v) is 2.42. The van der Waals surface area contributed by atoms with E-state index in [9.17, 15) is 14.4 Å². The molecule has 6 nitrogen and oxygen atoms in total. The number of pyridine rings is 1. The molecule has 2 rings (SSSR count). The van der Waals surface area contributed by atoms with E-state index in [4.69, 9.17) is 5.11 Å². The molecule has 6 heteroatoms. The summed E-state index contributed by atoms with van der Waals surface area (Å²) in [7, 11) is 0. The summed E-state index contributed by atoms with van der Waals surface area (Å²) in [5.41, 5.74) is -0.206. The molecule has 1 saturated heterocycles. The Bertz CT molecular complexity index is 537. The smallest absolute Gasteiger partial charge is 0.303 e. The van der Waals surface area contributed by atoms with Gasteiger partial charge in [0.15, 0.2) is 5.43 Å². The number of nitrogens with one attached hydrogen (secondary N) is 1. The Kier molecular flexibility index (Phi) is 3.99. The highest BCUT2D eigenvalue weighted by atomic mass is 16.4. The molecule has 0 aromatic carbocycles. The second-order valence-electron chi connectivity index (χ2n) is 4.78. The average molecular weight is 264 g/mol. The number of piperidine rings is 1. The molecule has 1 atom stereocenters. The number of nitrogens with zero attached hydrogens (tertiary/aromatic N) is 1. The molecule has 0 radical (unpaired) electrons. The second kappa shape index (κ2) is 5.69. The highest BCUT2D eigenvalue weighted by Gasteiger charge is 2.26. The van der Waals surface area contributed by atoms with E-state index >= 15 is 0 Å². The van der Waals surface area contributed by atoms with Gasteiger partial charge < -0.3 is 15.0 Å². The van der Waals surface area contributed by atoms with Crippen LogP contribution in [0, 0.1) is 5.92 Å². The predicted molar refractivity (Wildman–Crippen MR) is 67.9 cm³/mol. The van der Waals surface area contributed by atoms with Crippen molar-refractivity contribution in [1.29, 1.82) is 0 Å². The maximum Gasteiger partial charge on any atom is 0.303 e. The van der Waals surface area contributed by atoms with Crippen molar-refractivity contribution >= 4 is 11.9 Å². The van der Waals surface area contributed by atoms with Crippen molar-refractivity contribution in [1.82, 2.24) is 9.88 Å². The van der Waals surface area contributed by atoms with Crippen LogP contribution in [0.5, 0.6) is 0 Å². The van der Waals surface area contributed by atoms with E-state index in [1.165, 1.54) is 18.5 Å². The molecule has 1 aromatic rings. The van der Waals surface area contributed by atoms with Crippen molar-refractivity contribution in [3.63, 3.8) is 0 Å². The Labute approximate surface area is 110 Å². The Morgan fingerprint density at radius 3 is 2.95 bits per heavy atom. The number of carbonyl (C=O) groups is 2. The van der Waals surface area contributed by atoms with Gasteiger partial charge in [-0.25, -0.2) is 0 Å². The maximum atomic E-state index is 12.2. The van der Waals surface area contributed by atoms with Crippen molar-refractivity contribution in [3.05, 3.63) is 34.2 Å². The van der Waals surface area contributed by atoms with E-state index in [0.717, 1.165) is 12.8 Å². The van der Waals surface area contributed by atoms with Crippen LogP contribution < -0.4 is 5.43 Å². The fourth-order valence-electron chi connectivity index (χ4n) is 2.42. The lowest BCUT2D eigenvalue weighted by Gasteiger charge is -2.31. The summed E-state index contributed by atoms with van der Waals surface area (Å²) in [5.74, 6) is -1.20. The first kappa shape index (κ1) is 13.3. The van der Waals surface area contributed by atoms with Crippen LogP contribution in [0.4, 0.5) is 0 Å². The molecule has 19 heavy (non-hydrogen) atoms. The van der Waals surface area contributed by atoms with E-state index in [1.807, 2.05) is 0 Å². The first-order valence-electron chi connectivity index (χ1n) is 6.26. The molecule has 0 saturated carbocycles. The third kappa shape index (κ3) is 3.21. The zero-order valence-electron chi connectivity index (χ0n) is 10.5. The van der Waals surface area contributed by atoms with Crippen LogP contribution in [0.3, 0.4) is 0 Å². The molecular weight excluding hydrogens is 248 g/mol. The summed E-state index contributed by atoms with van der Waals surface area (Å²) in [6.45, 7) is 0.975. The Morgan fingerprint density at radius 2 is 2.26 bits per heavy atom. The van der Waals surface area contributed by atoms with Gasteiger partial charge in [0, 0.05) is 38.0 Å². The molecule has 2 N–H and O–H groups in total. The van der Waals surface area contributed by atoms with Gasteiger partial charge in [0.25, 0.3) is 5.91 Å². The number of carboxylic acid groups (broad SMARTS) is 1. The van der Waals surface area contributed by atoms with E-state index in [2.05, 4.69) is 4.98 Å². The van der Waals surface area contributed by atoms with Crippen LogP contribution in [0.1, 0.15) is 29.6 Å².